The van der Waals surface area contributed by atoms with Crippen LogP contribution in [-0.2, 0) is 11.3 Å². The van der Waals surface area contributed by atoms with Crippen LogP contribution >= 0.6 is 24.0 Å². The van der Waals surface area contributed by atoms with Gasteiger partial charge in [-0.05, 0) is 44.4 Å². The Bertz CT molecular complexity index is 636. The number of aryl methyl sites for hydroxylation is 1. The number of nitrogens with one attached hydrogen (secondary N) is 2. The molecule has 27 heavy (non-hydrogen) atoms. The summed E-state index contributed by atoms with van der Waals surface area (Å²) in [4.78, 5) is 18.5. The number of hydrogen-bond acceptors (Lipinski definition) is 3. The highest BCUT2D eigenvalue weighted by molar-refractivity contribution is 14.0. The molecule has 1 amide bonds. The zero-order chi connectivity index (χ0) is 18.9. The van der Waals surface area contributed by atoms with Crippen LogP contribution in [0.4, 0.5) is 0 Å². The molecule has 0 aromatic heterocycles. The topological polar surface area (TPSA) is 66.0 Å². The van der Waals surface area contributed by atoms with Gasteiger partial charge in [0.2, 0.25) is 5.91 Å². The summed E-state index contributed by atoms with van der Waals surface area (Å²) in [6, 6.07) is 6.44. The number of carbonyl (C=O) groups excluding carboxylic acids is 1. The quantitative estimate of drug-likeness (QED) is 0.352. The zero-order valence-corrected chi connectivity index (χ0v) is 19.2. The monoisotopic (exact) mass is 488 g/mol. The van der Waals surface area contributed by atoms with E-state index in [1.54, 1.807) is 0 Å². The highest BCUT2D eigenvalue weighted by Gasteiger charge is 2.25. The maximum atomic E-state index is 11.8. The number of hydrogen-bond donors (Lipinski definition) is 2. The first-order chi connectivity index (χ1) is 12.6. The second-order valence-electron chi connectivity index (χ2n) is 6.55. The zero-order valence-electron chi connectivity index (χ0n) is 16.9. The van der Waals surface area contributed by atoms with Crippen LogP contribution in [0.15, 0.2) is 23.2 Å². The Morgan fingerprint density at radius 3 is 2.74 bits per heavy atom. The summed E-state index contributed by atoms with van der Waals surface area (Å²) >= 11 is 0. The molecule has 2 rings (SSSR count). The molecule has 0 bridgehead atoms. The van der Waals surface area contributed by atoms with Crippen molar-refractivity contribution in [1.82, 2.24) is 15.5 Å². The van der Waals surface area contributed by atoms with E-state index in [-0.39, 0.29) is 35.9 Å². The normalized spacial score (nSPS) is 16.7. The van der Waals surface area contributed by atoms with Crippen molar-refractivity contribution in [3.63, 3.8) is 0 Å². The van der Waals surface area contributed by atoms with Gasteiger partial charge in [-0.2, -0.15) is 0 Å². The van der Waals surface area contributed by atoms with E-state index in [1.807, 2.05) is 24.8 Å². The molecule has 1 aromatic carbocycles. The molecule has 1 heterocycles. The highest BCUT2D eigenvalue weighted by Crippen LogP contribution is 2.19. The van der Waals surface area contributed by atoms with Gasteiger partial charge in [0.1, 0.15) is 5.75 Å². The summed E-state index contributed by atoms with van der Waals surface area (Å²) in [5.74, 6) is 1.95. The Kier molecular flexibility index (Phi) is 10.5. The highest BCUT2D eigenvalue weighted by atomic mass is 127. The van der Waals surface area contributed by atoms with Gasteiger partial charge in [0.05, 0.1) is 13.2 Å². The molecule has 6 nitrogen and oxygen atoms in total. The molecule has 1 unspecified atom stereocenters. The van der Waals surface area contributed by atoms with Gasteiger partial charge in [-0.3, -0.25) is 4.79 Å². The van der Waals surface area contributed by atoms with Crippen molar-refractivity contribution in [2.75, 3.05) is 26.2 Å². The van der Waals surface area contributed by atoms with Crippen molar-refractivity contribution in [2.45, 2.75) is 53.1 Å². The number of halogens is 1. The van der Waals surface area contributed by atoms with Gasteiger partial charge in [0.15, 0.2) is 5.96 Å². The Morgan fingerprint density at radius 1 is 1.33 bits per heavy atom. The van der Waals surface area contributed by atoms with E-state index in [2.05, 4.69) is 36.6 Å². The molecular formula is C20H33IN4O2. The third-order valence-corrected chi connectivity index (χ3v) is 4.49. The Labute approximate surface area is 180 Å². The first kappa shape index (κ1) is 23.5. The van der Waals surface area contributed by atoms with Crippen LogP contribution in [0, 0.1) is 6.92 Å². The van der Waals surface area contributed by atoms with Crippen molar-refractivity contribution in [3.05, 3.63) is 29.3 Å². The van der Waals surface area contributed by atoms with Crippen molar-refractivity contribution < 1.29 is 9.53 Å². The minimum absolute atomic E-state index is 0. The molecule has 2 N–H and O–H groups in total. The number of amides is 1. The fourth-order valence-corrected chi connectivity index (χ4v) is 3.14. The molecule has 1 aromatic rings. The smallest absolute Gasteiger partial charge is 0.222 e. The Balaban J connectivity index is 0.00000364. The summed E-state index contributed by atoms with van der Waals surface area (Å²) in [6.07, 6.45) is 1.52. The lowest BCUT2D eigenvalue weighted by Gasteiger charge is -2.18. The SMILES string of the molecule is CCNC(=NCc1ccc(OCC)c(C)c1)NC1CCN(C(=O)CC)C1.I. The number of carbonyl (C=O) groups is 1. The van der Waals surface area contributed by atoms with Crippen LogP contribution in [0.5, 0.6) is 5.75 Å². The van der Waals surface area contributed by atoms with Crippen LogP contribution in [0.2, 0.25) is 0 Å². The number of rotatable bonds is 7. The molecule has 0 aliphatic carbocycles. The van der Waals surface area contributed by atoms with E-state index in [1.165, 1.54) is 0 Å². The third-order valence-electron chi connectivity index (χ3n) is 4.49. The number of aliphatic imine (C=N–C) groups is 1. The molecule has 1 aliphatic rings. The Morgan fingerprint density at radius 2 is 2.11 bits per heavy atom. The Hall–Kier alpha value is -1.51. The average Bonchev–Trinajstić information content (AvgIpc) is 3.10. The molecule has 152 valence electrons. The second kappa shape index (κ2) is 12.0. The fraction of sp³-hybridized carbons (Fsp3) is 0.600. The molecule has 1 atom stereocenters. The van der Waals surface area contributed by atoms with Crippen LogP contribution in [-0.4, -0.2) is 49.0 Å². The first-order valence-electron chi connectivity index (χ1n) is 9.62. The van der Waals surface area contributed by atoms with Crippen LogP contribution in [0.3, 0.4) is 0 Å². The molecule has 1 aliphatic heterocycles. The van der Waals surface area contributed by atoms with Gasteiger partial charge in [-0.1, -0.05) is 19.1 Å². The lowest BCUT2D eigenvalue weighted by atomic mass is 10.1. The van der Waals surface area contributed by atoms with Crippen LogP contribution in [0.25, 0.3) is 0 Å². The summed E-state index contributed by atoms with van der Waals surface area (Å²) in [7, 11) is 0. The molecule has 1 saturated heterocycles. The van der Waals surface area contributed by atoms with E-state index in [9.17, 15) is 4.79 Å². The lowest BCUT2D eigenvalue weighted by Crippen LogP contribution is -2.45. The van der Waals surface area contributed by atoms with Crippen molar-refractivity contribution >= 4 is 35.8 Å². The van der Waals surface area contributed by atoms with E-state index in [0.29, 0.717) is 19.6 Å². The first-order valence-corrected chi connectivity index (χ1v) is 9.62. The number of benzene rings is 1. The molecular weight excluding hydrogens is 455 g/mol. The van der Waals surface area contributed by atoms with Gasteiger partial charge >= 0.3 is 0 Å². The van der Waals surface area contributed by atoms with Gasteiger partial charge in [0, 0.05) is 32.1 Å². The van der Waals surface area contributed by atoms with Crippen molar-refractivity contribution in [3.8, 4) is 5.75 Å². The predicted molar refractivity (Wildman–Crippen MR) is 121 cm³/mol. The van der Waals surface area contributed by atoms with Gasteiger partial charge < -0.3 is 20.3 Å². The second-order valence-corrected chi connectivity index (χ2v) is 6.55. The van der Waals surface area contributed by atoms with Gasteiger partial charge in [-0.15, -0.1) is 24.0 Å². The number of nitrogens with zero attached hydrogens (tertiary/aromatic N) is 2. The van der Waals surface area contributed by atoms with Crippen LogP contribution < -0.4 is 15.4 Å². The van der Waals surface area contributed by atoms with Crippen LogP contribution in [0.1, 0.15) is 44.7 Å². The minimum Gasteiger partial charge on any atom is -0.494 e. The van der Waals surface area contributed by atoms with Crippen molar-refractivity contribution in [2.24, 2.45) is 4.99 Å². The number of ether oxygens (including phenoxy) is 1. The molecule has 0 spiro atoms. The maximum Gasteiger partial charge on any atom is 0.222 e. The number of likely N-dealkylation sites (tertiary alicyclic amines) is 1. The van der Waals surface area contributed by atoms with Crippen molar-refractivity contribution in [1.29, 1.82) is 0 Å². The fourth-order valence-electron chi connectivity index (χ4n) is 3.14. The van der Waals surface area contributed by atoms with E-state index >= 15 is 0 Å². The van der Waals surface area contributed by atoms with E-state index in [4.69, 9.17) is 9.73 Å². The minimum atomic E-state index is 0. The third kappa shape index (κ3) is 7.20. The maximum absolute atomic E-state index is 11.8. The van der Waals surface area contributed by atoms with Gasteiger partial charge in [-0.25, -0.2) is 4.99 Å². The molecule has 1 fully saturated rings. The predicted octanol–water partition coefficient (Wildman–Crippen LogP) is 3.08. The summed E-state index contributed by atoms with van der Waals surface area (Å²) in [6.45, 7) is 11.7. The lowest BCUT2D eigenvalue weighted by molar-refractivity contribution is -0.129. The average molecular weight is 488 g/mol. The summed E-state index contributed by atoms with van der Waals surface area (Å²) in [5.41, 5.74) is 2.28. The van der Waals surface area contributed by atoms with Gasteiger partial charge in [0.25, 0.3) is 0 Å². The summed E-state index contributed by atoms with van der Waals surface area (Å²) < 4.78 is 5.59. The molecule has 7 heteroatoms. The molecule has 0 saturated carbocycles. The summed E-state index contributed by atoms with van der Waals surface area (Å²) in [5, 5.41) is 6.76. The number of guanidine groups is 1. The molecule has 0 radical (unpaired) electrons. The largest absolute Gasteiger partial charge is 0.494 e. The van der Waals surface area contributed by atoms with E-state index < -0.39 is 0 Å². The van der Waals surface area contributed by atoms with E-state index in [0.717, 1.165) is 48.9 Å². The standard InChI is InChI=1S/C20H32N4O2.HI/c1-5-19(25)24-11-10-17(14-24)23-20(21-6-2)22-13-16-8-9-18(26-7-3)15(4)12-16;/h8-9,12,17H,5-7,10-11,13-14H2,1-4H3,(H2,21,22,23);1H.